The number of H-pyrrole nitrogens is 2. The predicted molar refractivity (Wildman–Crippen MR) is 136 cm³/mol. The van der Waals surface area contributed by atoms with Crippen molar-refractivity contribution in [1.82, 2.24) is 9.97 Å². The minimum atomic E-state index is -0.118. The van der Waals surface area contributed by atoms with Gasteiger partial charge in [0.25, 0.3) is 0 Å². The lowest BCUT2D eigenvalue weighted by Gasteiger charge is -2.12. The third kappa shape index (κ3) is 3.63. The van der Waals surface area contributed by atoms with E-state index in [0.717, 1.165) is 33.8 Å². The second-order valence-electron chi connectivity index (χ2n) is 8.40. The topological polar surface area (TPSA) is 84.2 Å². The Morgan fingerprint density at radius 2 is 1.00 bits per heavy atom. The number of aromatic nitrogens is 2. The van der Waals surface area contributed by atoms with Gasteiger partial charge in [0.2, 0.25) is 0 Å². The molecule has 0 radical (unpaired) electrons. The lowest BCUT2D eigenvalue weighted by atomic mass is 10.0. The molecule has 0 unspecified atom stereocenters. The van der Waals surface area contributed by atoms with E-state index < -0.39 is 0 Å². The highest BCUT2D eigenvalue weighted by Gasteiger charge is 2.12. The number of hydrogen-bond donors (Lipinski definition) is 2. The first kappa shape index (κ1) is 21.5. The Balaban J connectivity index is 1.68. The molecule has 3 aromatic carbocycles. The largest absolute Gasteiger partial charge is 0.497 e. The maximum Gasteiger partial charge on any atom is 0.190 e. The van der Waals surface area contributed by atoms with Crippen molar-refractivity contribution in [1.29, 1.82) is 0 Å². The first-order valence-corrected chi connectivity index (χ1v) is 10.9. The van der Waals surface area contributed by atoms with Crippen LogP contribution in [0.3, 0.4) is 0 Å². The Bertz CT molecular complexity index is 1570. The van der Waals surface area contributed by atoms with E-state index in [-0.39, 0.29) is 10.9 Å². The van der Waals surface area contributed by atoms with Gasteiger partial charge in [-0.1, -0.05) is 0 Å². The minimum Gasteiger partial charge on any atom is -0.497 e. The third-order valence-electron chi connectivity index (χ3n) is 6.23. The average Bonchev–Trinajstić information content (AvgIpc) is 2.83. The van der Waals surface area contributed by atoms with Gasteiger partial charge in [-0.2, -0.15) is 0 Å². The van der Waals surface area contributed by atoms with Gasteiger partial charge >= 0.3 is 0 Å². The number of aromatic amines is 2. The average molecular weight is 453 g/mol. The Hall–Kier alpha value is -4.32. The summed E-state index contributed by atoms with van der Waals surface area (Å²) in [5.74, 6) is 1.51. The lowest BCUT2D eigenvalue weighted by molar-refractivity contribution is 0.414. The molecule has 0 spiro atoms. The molecule has 5 rings (SSSR count). The van der Waals surface area contributed by atoms with E-state index >= 15 is 0 Å². The number of nitrogens with one attached hydrogen (secondary N) is 2. The molecule has 6 nitrogen and oxygen atoms in total. The van der Waals surface area contributed by atoms with Crippen molar-refractivity contribution >= 4 is 21.8 Å². The second-order valence-corrected chi connectivity index (χ2v) is 8.40. The Labute approximate surface area is 195 Å². The molecular weight excluding hydrogens is 428 g/mol. The number of rotatable bonds is 4. The number of benzene rings is 3. The van der Waals surface area contributed by atoms with Gasteiger partial charge in [-0.05, 0) is 73.5 Å². The summed E-state index contributed by atoms with van der Waals surface area (Å²) in [7, 11) is 3.24. The summed E-state index contributed by atoms with van der Waals surface area (Å²) in [6, 6.07) is 18.1. The highest BCUT2D eigenvalue weighted by Crippen LogP contribution is 2.29. The van der Waals surface area contributed by atoms with Gasteiger partial charge in [0, 0.05) is 45.4 Å². The molecule has 0 aliphatic heterocycles. The molecule has 34 heavy (non-hydrogen) atoms. The van der Waals surface area contributed by atoms with E-state index in [1.807, 2.05) is 50.2 Å². The molecule has 2 heterocycles. The molecule has 0 amide bonds. The van der Waals surface area contributed by atoms with Crippen molar-refractivity contribution in [2.75, 3.05) is 14.2 Å². The maximum atomic E-state index is 13.1. The van der Waals surface area contributed by atoms with Crippen LogP contribution >= 0.6 is 0 Å². The lowest BCUT2D eigenvalue weighted by Crippen LogP contribution is -2.07. The van der Waals surface area contributed by atoms with Crippen LogP contribution in [0.2, 0.25) is 0 Å². The van der Waals surface area contributed by atoms with Crippen LogP contribution in [-0.4, -0.2) is 24.2 Å². The molecular formula is C28H24N2O4. The van der Waals surface area contributed by atoms with Gasteiger partial charge in [-0.15, -0.1) is 0 Å². The summed E-state index contributed by atoms with van der Waals surface area (Å²) in [6.45, 7) is 3.93. The van der Waals surface area contributed by atoms with Crippen LogP contribution in [0.5, 0.6) is 11.5 Å². The summed E-state index contributed by atoms with van der Waals surface area (Å²) in [5.41, 5.74) is 6.14. The second kappa shape index (κ2) is 8.23. The summed E-state index contributed by atoms with van der Waals surface area (Å²) in [4.78, 5) is 32.8. The normalized spacial score (nSPS) is 11.2. The van der Waals surface area contributed by atoms with Crippen LogP contribution < -0.4 is 20.3 Å². The van der Waals surface area contributed by atoms with Crippen molar-refractivity contribution in [3.8, 4) is 34.0 Å². The molecule has 170 valence electrons. The minimum absolute atomic E-state index is 0.118. The van der Waals surface area contributed by atoms with Gasteiger partial charge in [0.15, 0.2) is 10.9 Å². The SMILES string of the molecule is COc1ccc(-c2cc(=O)c3cc4[nH]c(-c5ccc(OC)cc5C)cc(=O)c4cc3[nH]2)c(C)c1. The van der Waals surface area contributed by atoms with Crippen LogP contribution in [0, 0.1) is 13.8 Å². The molecule has 2 aromatic heterocycles. The van der Waals surface area contributed by atoms with Gasteiger partial charge in [-0.25, -0.2) is 0 Å². The summed E-state index contributed by atoms with van der Waals surface area (Å²) in [5, 5.41) is 1.03. The fourth-order valence-corrected chi connectivity index (χ4v) is 4.42. The number of pyridine rings is 2. The Kier molecular flexibility index (Phi) is 5.21. The molecule has 0 atom stereocenters. The Morgan fingerprint density at radius 1 is 0.588 bits per heavy atom. The van der Waals surface area contributed by atoms with E-state index in [4.69, 9.17) is 9.47 Å². The van der Waals surface area contributed by atoms with Crippen LogP contribution in [0.15, 0.2) is 70.3 Å². The Morgan fingerprint density at radius 3 is 1.35 bits per heavy atom. The molecule has 6 heteroatoms. The summed E-state index contributed by atoms with van der Waals surface area (Å²) < 4.78 is 10.6. The van der Waals surface area contributed by atoms with E-state index in [2.05, 4.69) is 9.97 Å². The van der Waals surface area contributed by atoms with Crippen LogP contribution in [0.25, 0.3) is 44.3 Å². The summed E-state index contributed by atoms with van der Waals surface area (Å²) >= 11 is 0. The van der Waals surface area contributed by atoms with Crippen molar-refractivity contribution in [2.24, 2.45) is 0 Å². The molecule has 0 saturated carbocycles. The highest BCUT2D eigenvalue weighted by atomic mass is 16.5. The molecule has 0 fully saturated rings. The van der Waals surface area contributed by atoms with E-state index in [1.165, 1.54) is 0 Å². The fraction of sp³-hybridized carbons (Fsp3) is 0.143. The first-order chi connectivity index (χ1) is 16.4. The molecule has 0 aliphatic carbocycles. The number of aryl methyl sites for hydroxylation is 2. The number of hydrogen-bond acceptors (Lipinski definition) is 4. The molecule has 5 aromatic rings. The van der Waals surface area contributed by atoms with Gasteiger partial charge in [0.1, 0.15) is 11.5 Å². The monoisotopic (exact) mass is 452 g/mol. The van der Waals surface area contributed by atoms with Crippen LogP contribution in [0.1, 0.15) is 11.1 Å². The smallest absolute Gasteiger partial charge is 0.190 e. The van der Waals surface area contributed by atoms with E-state index in [1.54, 1.807) is 38.5 Å². The fourth-order valence-electron chi connectivity index (χ4n) is 4.42. The van der Waals surface area contributed by atoms with Crippen LogP contribution in [-0.2, 0) is 0 Å². The zero-order valence-corrected chi connectivity index (χ0v) is 19.4. The van der Waals surface area contributed by atoms with E-state index in [0.29, 0.717) is 33.2 Å². The standard InChI is InChI=1S/C28H24N2O4/c1-15-9-17(33-3)5-7-19(15)25-13-27(31)21-12-24-22(11-23(21)29-25)28(32)14-26(30-24)20-8-6-18(34-4)10-16(20)2/h5-14H,1-4H3,(H,29,31)(H,30,32). The van der Waals surface area contributed by atoms with Crippen molar-refractivity contribution in [2.45, 2.75) is 13.8 Å². The number of ether oxygens (including phenoxy) is 2. The maximum absolute atomic E-state index is 13.1. The third-order valence-corrected chi connectivity index (χ3v) is 6.23. The molecule has 2 N–H and O–H groups in total. The van der Waals surface area contributed by atoms with Crippen molar-refractivity contribution < 1.29 is 9.47 Å². The van der Waals surface area contributed by atoms with Crippen molar-refractivity contribution in [3.05, 3.63) is 92.2 Å². The molecule has 0 bridgehead atoms. The number of fused-ring (bicyclic) bond motifs is 2. The molecule has 0 aliphatic rings. The van der Waals surface area contributed by atoms with Gasteiger partial charge in [0.05, 0.1) is 25.3 Å². The number of methoxy groups -OCH3 is 2. The van der Waals surface area contributed by atoms with Gasteiger partial charge < -0.3 is 19.4 Å². The van der Waals surface area contributed by atoms with E-state index in [9.17, 15) is 9.59 Å². The predicted octanol–water partition coefficient (Wildman–Crippen LogP) is 5.34. The van der Waals surface area contributed by atoms with Crippen LogP contribution in [0.4, 0.5) is 0 Å². The quantitative estimate of drug-likeness (QED) is 0.361. The van der Waals surface area contributed by atoms with Crippen molar-refractivity contribution in [3.63, 3.8) is 0 Å². The highest BCUT2D eigenvalue weighted by molar-refractivity contribution is 5.96. The zero-order chi connectivity index (χ0) is 24.0. The zero-order valence-electron chi connectivity index (χ0n) is 19.4. The molecule has 0 saturated heterocycles. The first-order valence-electron chi connectivity index (χ1n) is 10.9. The summed E-state index contributed by atoms with van der Waals surface area (Å²) in [6.07, 6.45) is 0. The van der Waals surface area contributed by atoms with Gasteiger partial charge in [-0.3, -0.25) is 9.59 Å².